The Morgan fingerprint density at radius 2 is 2.03 bits per heavy atom. The van der Waals surface area contributed by atoms with Crippen LogP contribution in [0, 0.1) is 6.92 Å². The molecule has 0 spiro atoms. The van der Waals surface area contributed by atoms with Gasteiger partial charge in [0.2, 0.25) is 0 Å². The van der Waals surface area contributed by atoms with E-state index in [0.717, 1.165) is 47.0 Å². The highest BCUT2D eigenvalue weighted by molar-refractivity contribution is 7.20. The van der Waals surface area contributed by atoms with E-state index in [1.807, 2.05) is 30.1 Å². The molecule has 170 valence electrons. The summed E-state index contributed by atoms with van der Waals surface area (Å²) in [5.74, 6) is -0.129. The van der Waals surface area contributed by atoms with Gasteiger partial charge in [0.15, 0.2) is 12.4 Å². The van der Waals surface area contributed by atoms with Gasteiger partial charge in [-0.05, 0) is 30.5 Å². The van der Waals surface area contributed by atoms with Gasteiger partial charge < -0.3 is 9.64 Å². The molecule has 0 aliphatic carbocycles. The SMILES string of the molecule is Cc1c(C(=O)OCC(=O)/C=C2/N(C)c3ccccc3C2(C)C)sc2nc3n(c(=O)c12)CCC3. The van der Waals surface area contributed by atoms with Gasteiger partial charge in [-0.1, -0.05) is 32.0 Å². The molecule has 1 aromatic carbocycles. The number of aromatic nitrogens is 2. The smallest absolute Gasteiger partial charge is 0.349 e. The summed E-state index contributed by atoms with van der Waals surface area (Å²) in [6.45, 7) is 6.18. The minimum absolute atomic E-state index is 0.104. The molecule has 2 aliphatic heterocycles. The fraction of sp³-hybridized carbons (Fsp3) is 0.360. The molecular formula is C25H25N3O4S. The summed E-state index contributed by atoms with van der Waals surface area (Å²) in [5.41, 5.74) is 3.20. The zero-order chi connectivity index (χ0) is 23.5. The summed E-state index contributed by atoms with van der Waals surface area (Å²) >= 11 is 1.15. The molecule has 3 aromatic rings. The van der Waals surface area contributed by atoms with Crippen molar-refractivity contribution in [1.29, 1.82) is 0 Å². The number of allylic oxidation sites excluding steroid dienone is 1. The number of aryl methyl sites for hydroxylation is 2. The molecule has 0 N–H and O–H groups in total. The number of carbonyl (C=O) groups excluding carboxylic acids is 2. The average Bonchev–Trinajstić information content (AvgIpc) is 3.44. The molecule has 7 nitrogen and oxygen atoms in total. The Bertz CT molecular complexity index is 1410. The zero-order valence-corrected chi connectivity index (χ0v) is 19.9. The topological polar surface area (TPSA) is 81.5 Å². The lowest BCUT2D eigenvalue weighted by molar-refractivity contribution is -0.117. The summed E-state index contributed by atoms with van der Waals surface area (Å²) in [6.07, 6.45) is 3.23. The minimum Gasteiger partial charge on any atom is -0.453 e. The largest absolute Gasteiger partial charge is 0.453 e. The quantitative estimate of drug-likeness (QED) is 0.433. The van der Waals surface area contributed by atoms with Crippen LogP contribution in [-0.2, 0) is 27.9 Å². The number of hydrogen-bond acceptors (Lipinski definition) is 7. The van der Waals surface area contributed by atoms with Crippen molar-refractivity contribution in [1.82, 2.24) is 9.55 Å². The second-order valence-electron chi connectivity index (χ2n) is 9.10. The predicted molar refractivity (Wildman–Crippen MR) is 128 cm³/mol. The third-order valence-corrected chi connectivity index (χ3v) is 7.85. The summed E-state index contributed by atoms with van der Waals surface area (Å²) in [6, 6.07) is 8.05. The number of para-hydroxylation sites is 1. The third kappa shape index (κ3) is 3.31. The standard InChI is InChI=1S/C25H25N3O4S/c1-14-20-22(26-19-10-7-11-28(19)23(20)30)33-21(14)24(31)32-13-15(29)12-18-25(2,3)16-8-5-6-9-17(16)27(18)4/h5-6,8-9,12H,7,10-11,13H2,1-4H3/b18-12+. The van der Waals surface area contributed by atoms with E-state index in [1.165, 1.54) is 0 Å². The van der Waals surface area contributed by atoms with E-state index < -0.39 is 5.97 Å². The van der Waals surface area contributed by atoms with Gasteiger partial charge in [0, 0.05) is 42.9 Å². The molecule has 0 saturated heterocycles. The highest BCUT2D eigenvalue weighted by Crippen LogP contribution is 2.46. The lowest BCUT2D eigenvalue weighted by Gasteiger charge is -2.23. The molecule has 0 radical (unpaired) electrons. The molecule has 0 bridgehead atoms. The van der Waals surface area contributed by atoms with Crippen molar-refractivity contribution in [2.75, 3.05) is 18.6 Å². The fourth-order valence-corrected chi connectivity index (χ4v) is 6.01. The molecule has 8 heteroatoms. The molecule has 2 aromatic heterocycles. The number of carbonyl (C=O) groups is 2. The third-order valence-electron chi connectivity index (χ3n) is 6.68. The Labute approximate surface area is 195 Å². The molecule has 2 aliphatic rings. The van der Waals surface area contributed by atoms with Crippen molar-refractivity contribution in [3.63, 3.8) is 0 Å². The van der Waals surface area contributed by atoms with Gasteiger partial charge in [-0.25, -0.2) is 9.78 Å². The Balaban J connectivity index is 1.35. The van der Waals surface area contributed by atoms with Crippen LogP contribution < -0.4 is 10.5 Å². The first kappa shape index (κ1) is 21.6. The van der Waals surface area contributed by atoms with E-state index in [1.54, 1.807) is 17.6 Å². The molecule has 0 amide bonds. The van der Waals surface area contributed by atoms with E-state index in [-0.39, 0.29) is 23.4 Å². The van der Waals surface area contributed by atoms with E-state index in [0.29, 0.717) is 27.2 Å². The second kappa shape index (κ2) is 7.66. The van der Waals surface area contributed by atoms with Crippen molar-refractivity contribution in [3.8, 4) is 0 Å². The predicted octanol–water partition coefficient (Wildman–Crippen LogP) is 3.75. The number of fused-ring (bicyclic) bond motifs is 3. The number of thiophene rings is 1. The lowest BCUT2D eigenvalue weighted by Crippen LogP contribution is -2.25. The van der Waals surface area contributed by atoms with Crippen LogP contribution >= 0.6 is 11.3 Å². The number of esters is 1. The number of ether oxygens (including phenoxy) is 1. The van der Waals surface area contributed by atoms with Gasteiger partial charge in [0.25, 0.3) is 5.56 Å². The van der Waals surface area contributed by atoms with Gasteiger partial charge >= 0.3 is 5.97 Å². The van der Waals surface area contributed by atoms with Gasteiger partial charge in [0.05, 0.1) is 5.39 Å². The van der Waals surface area contributed by atoms with Crippen LogP contribution in [0.15, 0.2) is 40.8 Å². The zero-order valence-electron chi connectivity index (χ0n) is 19.1. The number of hydrogen-bond donors (Lipinski definition) is 0. The molecule has 33 heavy (non-hydrogen) atoms. The molecule has 5 rings (SSSR count). The number of rotatable bonds is 4. The van der Waals surface area contributed by atoms with Crippen molar-refractivity contribution in [2.24, 2.45) is 0 Å². The number of benzene rings is 1. The fourth-order valence-electron chi connectivity index (χ4n) is 4.93. The average molecular weight is 464 g/mol. The van der Waals surface area contributed by atoms with Crippen LogP contribution in [0.4, 0.5) is 5.69 Å². The van der Waals surface area contributed by atoms with Crippen molar-refractivity contribution >= 4 is 39.0 Å². The molecular weight excluding hydrogens is 438 g/mol. The van der Waals surface area contributed by atoms with Gasteiger partial charge in [0.1, 0.15) is 15.5 Å². The van der Waals surface area contributed by atoms with E-state index in [2.05, 4.69) is 24.9 Å². The molecule has 4 heterocycles. The maximum absolute atomic E-state index is 12.8. The van der Waals surface area contributed by atoms with Crippen molar-refractivity contribution in [3.05, 3.63) is 68.2 Å². The number of anilines is 1. The van der Waals surface area contributed by atoms with Gasteiger partial charge in [-0.2, -0.15) is 0 Å². The first-order valence-electron chi connectivity index (χ1n) is 11.0. The monoisotopic (exact) mass is 463 g/mol. The van der Waals surface area contributed by atoms with Crippen LogP contribution in [0.2, 0.25) is 0 Å². The molecule has 0 fully saturated rings. The summed E-state index contributed by atoms with van der Waals surface area (Å²) in [7, 11) is 1.93. The Morgan fingerprint density at radius 1 is 1.27 bits per heavy atom. The maximum Gasteiger partial charge on any atom is 0.349 e. The minimum atomic E-state index is -0.603. The van der Waals surface area contributed by atoms with Crippen LogP contribution in [0.25, 0.3) is 10.2 Å². The summed E-state index contributed by atoms with van der Waals surface area (Å²) in [5, 5.41) is 0.470. The first-order chi connectivity index (χ1) is 15.7. The van der Waals surface area contributed by atoms with Gasteiger partial charge in [-0.3, -0.25) is 14.2 Å². The first-order valence-corrected chi connectivity index (χ1v) is 11.8. The number of ketones is 1. The maximum atomic E-state index is 12.8. The second-order valence-corrected chi connectivity index (χ2v) is 10.1. The molecule has 0 saturated carbocycles. The van der Waals surface area contributed by atoms with Crippen LogP contribution in [-0.4, -0.2) is 35.0 Å². The Hall–Kier alpha value is -3.26. The Morgan fingerprint density at radius 3 is 2.79 bits per heavy atom. The van der Waals surface area contributed by atoms with E-state index >= 15 is 0 Å². The van der Waals surface area contributed by atoms with Crippen LogP contribution in [0.3, 0.4) is 0 Å². The lowest BCUT2D eigenvalue weighted by atomic mass is 9.83. The Kier molecular flexibility index (Phi) is 5.01. The van der Waals surface area contributed by atoms with Crippen molar-refractivity contribution in [2.45, 2.75) is 45.6 Å². The summed E-state index contributed by atoms with van der Waals surface area (Å²) in [4.78, 5) is 45.8. The highest BCUT2D eigenvalue weighted by Gasteiger charge is 2.38. The van der Waals surface area contributed by atoms with E-state index in [4.69, 9.17) is 4.74 Å². The summed E-state index contributed by atoms with van der Waals surface area (Å²) < 4.78 is 7.04. The highest BCUT2D eigenvalue weighted by atomic mass is 32.1. The van der Waals surface area contributed by atoms with Gasteiger partial charge in [-0.15, -0.1) is 11.3 Å². The normalized spacial score (nSPS) is 17.5. The van der Waals surface area contributed by atoms with Crippen LogP contribution in [0.5, 0.6) is 0 Å². The molecule has 0 unspecified atom stereocenters. The van der Waals surface area contributed by atoms with Crippen molar-refractivity contribution < 1.29 is 14.3 Å². The van der Waals surface area contributed by atoms with Crippen LogP contribution in [0.1, 0.15) is 46.9 Å². The number of likely N-dealkylation sites (N-methyl/N-ethyl adjacent to an activating group) is 1. The molecule has 0 atom stereocenters. The number of nitrogens with zero attached hydrogens (tertiary/aromatic N) is 3. The van der Waals surface area contributed by atoms with E-state index in [9.17, 15) is 14.4 Å².